The van der Waals surface area contributed by atoms with E-state index in [1.807, 2.05) is 0 Å². The Morgan fingerprint density at radius 1 is 1.47 bits per heavy atom. The lowest BCUT2D eigenvalue weighted by molar-refractivity contribution is -0.133. The van der Waals surface area contributed by atoms with Crippen LogP contribution in [0, 0.1) is 5.82 Å². The van der Waals surface area contributed by atoms with E-state index in [0.717, 1.165) is 13.0 Å². The molecule has 1 fully saturated rings. The molecule has 1 aromatic rings. The maximum absolute atomic E-state index is 13.0. The van der Waals surface area contributed by atoms with Gasteiger partial charge in [0.05, 0.1) is 13.1 Å². The molecular formula is C13H16FN3O2. The molecule has 19 heavy (non-hydrogen) atoms. The Kier molecular flexibility index (Phi) is 4.46. The monoisotopic (exact) mass is 265 g/mol. The largest absolute Gasteiger partial charge is 0.332 e. The minimum absolute atomic E-state index is 0.00295. The van der Waals surface area contributed by atoms with Crippen molar-refractivity contribution in [2.75, 3.05) is 31.5 Å². The highest BCUT2D eigenvalue weighted by atomic mass is 19.1. The van der Waals surface area contributed by atoms with Crippen molar-refractivity contribution in [2.45, 2.75) is 6.42 Å². The van der Waals surface area contributed by atoms with Gasteiger partial charge in [-0.3, -0.25) is 9.59 Å². The molecule has 2 amide bonds. The number of anilines is 1. The molecule has 1 saturated heterocycles. The summed E-state index contributed by atoms with van der Waals surface area (Å²) in [6.07, 6.45) is 0.818. The van der Waals surface area contributed by atoms with Crippen molar-refractivity contribution in [3.8, 4) is 0 Å². The predicted octanol–water partition coefficient (Wildman–Crippen LogP) is 0.586. The molecule has 102 valence electrons. The molecule has 1 aliphatic rings. The van der Waals surface area contributed by atoms with Gasteiger partial charge in [0.1, 0.15) is 5.82 Å². The van der Waals surface area contributed by atoms with Crippen molar-refractivity contribution in [3.63, 3.8) is 0 Å². The van der Waals surface area contributed by atoms with Crippen molar-refractivity contribution in [3.05, 3.63) is 30.1 Å². The highest BCUT2D eigenvalue weighted by Crippen LogP contribution is 2.09. The highest BCUT2D eigenvalue weighted by molar-refractivity contribution is 5.94. The zero-order valence-corrected chi connectivity index (χ0v) is 10.5. The lowest BCUT2D eigenvalue weighted by Crippen LogP contribution is -2.40. The van der Waals surface area contributed by atoms with E-state index in [1.54, 1.807) is 6.07 Å². The van der Waals surface area contributed by atoms with Gasteiger partial charge >= 0.3 is 0 Å². The number of nitrogens with one attached hydrogen (secondary N) is 2. The van der Waals surface area contributed by atoms with Crippen LogP contribution in [0.1, 0.15) is 6.42 Å². The molecule has 0 aliphatic carbocycles. The van der Waals surface area contributed by atoms with Crippen LogP contribution in [0.4, 0.5) is 10.1 Å². The molecule has 0 spiro atoms. The first-order valence-corrected chi connectivity index (χ1v) is 6.19. The van der Waals surface area contributed by atoms with Gasteiger partial charge in [-0.1, -0.05) is 6.07 Å². The lowest BCUT2D eigenvalue weighted by Gasteiger charge is -2.19. The summed E-state index contributed by atoms with van der Waals surface area (Å²) in [5.41, 5.74) is 0.394. The van der Waals surface area contributed by atoms with E-state index in [9.17, 15) is 14.0 Å². The van der Waals surface area contributed by atoms with Crippen LogP contribution < -0.4 is 10.6 Å². The minimum Gasteiger partial charge on any atom is -0.332 e. The SMILES string of the molecule is O=C(CN1CCCNCC1=O)Nc1cccc(F)c1. The molecule has 0 bridgehead atoms. The van der Waals surface area contributed by atoms with E-state index in [0.29, 0.717) is 12.2 Å². The maximum atomic E-state index is 13.0. The first-order chi connectivity index (χ1) is 9.15. The number of hydrogen-bond acceptors (Lipinski definition) is 3. The Balaban J connectivity index is 1.91. The van der Waals surface area contributed by atoms with Crippen molar-refractivity contribution in [1.82, 2.24) is 10.2 Å². The van der Waals surface area contributed by atoms with E-state index in [-0.39, 0.29) is 24.9 Å². The second-order valence-electron chi connectivity index (χ2n) is 4.40. The fourth-order valence-corrected chi connectivity index (χ4v) is 1.93. The van der Waals surface area contributed by atoms with Crippen LogP contribution in [0.15, 0.2) is 24.3 Å². The Morgan fingerprint density at radius 3 is 3.11 bits per heavy atom. The van der Waals surface area contributed by atoms with Crippen molar-refractivity contribution in [2.24, 2.45) is 0 Å². The van der Waals surface area contributed by atoms with Crippen molar-refractivity contribution >= 4 is 17.5 Å². The molecule has 0 atom stereocenters. The quantitative estimate of drug-likeness (QED) is 0.840. The highest BCUT2D eigenvalue weighted by Gasteiger charge is 2.18. The third-order valence-electron chi connectivity index (χ3n) is 2.85. The summed E-state index contributed by atoms with van der Waals surface area (Å²) in [6, 6.07) is 5.67. The molecule has 2 N–H and O–H groups in total. The summed E-state index contributed by atoms with van der Waals surface area (Å²) in [6.45, 7) is 1.58. The minimum atomic E-state index is -0.409. The normalized spacial score (nSPS) is 16.1. The molecular weight excluding hydrogens is 249 g/mol. The molecule has 2 rings (SSSR count). The summed E-state index contributed by atoms with van der Waals surface area (Å²) in [5, 5.41) is 5.56. The van der Waals surface area contributed by atoms with Crippen molar-refractivity contribution < 1.29 is 14.0 Å². The zero-order chi connectivity index (χ0) is 13.7. The summed E-state index contributed by atoms with van der Waals surface area (Å²) in [4.78, 5) is 25.0. The van der Waals surface area contributed by atoms with E-state index >= 15 is 0 Å². The summed E-state index contributed by atoms with van der Waals surface area (Å²) >= 11 is 0. The van der Waals surface area contributed by atoms with Gasteiger partial charge < -0.3 is 15.5 Å². The lowest BCUT2D eigenvalue weighted by atomic mass is 10.3. The van der Waals surface area contributed by atoms with E-state index < -0.39 is 5.82 Å². The Morgan fingerprint density at radius 2 is 2.32 bits per heavy atom. The van der Waals surface area contributed by atoms with Crippen LogP contribution in [-0.4, -0.2) is 42.9 Å². The standard InChI is InChI=1S/C13H16FN3O2/c14-10-3-1-4-11(7-10)16-12(18)9-17-6-2-5-15-8-13(17)19/h1,3-4,7,15H,2,5-6,8-9H2,(H,16,18). The summed E-state index contributed by atoms with van der Waals surface area (Å²) in [5.74, 6) is -0.819. The Labute approximate surface area is 110 Å². The van der Waals surface area contributed by atoms with Crippen LogP contribution in [-0.2, 0) is 9.59 Å². The fraction of sp³-hybridized carbons (Fsp3) is 0.385. The average Bonchev–Trinajstić information content (AvgIpc) is 2.55. The van der Waals surface area contributed by atoms with Crippen LogP contribution in [0.3, 0.4) is 0 Å². The van der Waals surface area contributed by atoms with Gasteiger partial charge in [0.2, 0.25) is 11.8 Å². The number of carbonyl (C=O) groups excluding carboxylic acids is 2. The number of halogens is 1. The second kappa shape index (κ2) is 6.29. The summed E-state index contributed by atoms with van der Waals surface area (Å²) < 4.78 is 13.0. The number of amides is 2. The van der Waals surface area contributed by atoms with Crippen LogP contribution in [0.2, 0.25) is 0 Å². The maximum Gasteiger partial charge on any atom is 0.243 e. The van der Waals surface area contributed by atoms with Gasteiger partial charge in [0, 0.05) is 12.2 Å². The molecule has 0 unspecified atom stereocenters. The van der Waals surface area contributed by atoms with Crippen LogP contribution >= 0.6 is 0 Å². The van der Waals surface area contributed by atoms with Crippen LogP contribution in [0.5, 0.6) is 0 Å². The number of rotatable bonds is 3. The third-order valence-corrected chi connectivity index (χ3v) is 2.85. The first-order valence-electron chi connectivity index (χ1n) is 6.19. The number of hydrogen-bond donors (Lipinski definition) is 2. The van der Waals surface area contributed by atoms with Gasteiger partial charge in [-0.2, -0.15) is 0 Å². The van der Waals surface area contributed by atoms with E-state index in [1.165, 1.54) is 23.1 Å². The molecule has 0 aromatic heterocycles. The molecule has 1 aromatic carbocycles. The zero-order valence-electron chi connectivity index (χ0n) is 10.5. The number of benzene rings is 1. The fourth-order valence-electron chi connectivity index (χ4n) is 1.93. The van der Waals surface area contributed by atoms with Gasteiger partial charge in [0.15, 0.2) is 0 Å². The Hall–Kier alpha value is -1.95. The molecule has 0 radical (unpaired) electrons. The molecule has 0 saturated carbocycles. The van der Waals surface area contributed by atoms with Gasteiger partial charge in [0.25, 0.3) is 0 Å². The van der Waals surface area contributed by atoms with Crippen molar-refractivity contribution in [1.29, 1.82) is 0 Å². The molecule has 5 nitrogen and oxygen atoms in total. The summed E-state index contributed by atoms with van der Waals surface area (Å²) in [7, 11) is 0. The number of carbonyl (C=O) groups is 2. The number of nitrogens with zero attached hydrogens (tertiary/aromatic N) is 1. The van der Waals surface area contributed by atoms with Crippen LogP contribution in [0.25, 0.3) is 0 Å². The Bertz CT molecular complexity index is 479. The van der Waals surface area contributed by atoms with Gasteiger partial charge in [-0.05, 0) is 31.2 Å². The van der Waals surface area contributed by atoms with Gasteiger partial charge in [-0.25, -0.2) is 4.39 Å². The molecule has 1 aliphatic heterocycles. The van der Waals surface area contributed by atoms with E-state index in [4.69, 9.17) is 0 Å². The predicted molar refractivity (Wildman–Crippen MR) is 69.1 cm³/mol. The third kappa shape index (κ3) is 4.03. The van der Waals surface area contributed by atoms with Gasteiger partial charge in [-0.15, -0.1) is 0 Å². The molecule has 6 heteroatoms. The second-order valence-corrected chi connectivity index (χ2v) is 4.40. The van der Waals surface area contributed by atoms with E-state index in [2.05, 4.69) is 10.6 Å². The first kappa shape index (κ1) is 13.5. The molecule has 1 heterocycles. The average molecular weight is 265 g/mol. The smallest absolute Gasteiger partial charge is 0.243 e. The topological polar surface area (TPSA) is 61.4 Å².